The van der Waals surface area contributed by atoms with E-state index in [2.05, 4.69) is 19.0 Å². The number of hydrogen-bond donors (Lipinski definition) is 1. The SMILES string of the molecule is CC1(C)C2CCC1(CS(=O)(=O)N1CCOCC1)C(=NO)C2. The third-order valence-corrected chi connectivity index (χ3v) is 8.09. The molecule has 2 aliphatic carbocycles. The Labute approximate surface area is 126 Å². The number of ether oxygens (including phenoxy) is 1. The van der Waals surface area contributed by atoms with Crippen LogP contribution in [0.2, 0.25) is 0 Å². The van der Waals surface area contributed by atoms with Crippen molar-refractivity contribution in [3.05, 3.63) is 0 Å². The molecule has 1 saturated heterocycles. The maximum absolute atomic E-state index is 12.8. The maximum atomic E-state index is 12.8. The van der Waals surface area contributed by atoms with Crippen molar-refractivity contribution >= 4 is 15.7 Å². The van der Waals surface area contributed by atoms with Gasteiger partial charge in [0.2, 0.25) is 10.0 Å². The summed E-state index contributed by atoms with van der Waals surface area (Å²) in [5, 5.41) is 12.8. The molecule has 1 heterocycles. The van der Waals surface area contributed by atoms with Crippen LogP contribution < -0.4 is 0 Å². The van der Waals surface area contributed by atoms with Crippen LogP contribution in [-0.4, -0.2) is 55.7 Å². The van der Waals surface area contributed by atoms with Crippen molar-refractivity contribution in [3.8, 4) is 0 Å². The van der Waals surface area contributed by atoms with Gasteiger partial charge in [0.25, 0.3) is 0 Å². The molecule has 0 aromatic rings. The fourth-order valence-corrected chi connectivity index (χ4v) is 6.70. The normalized spacial score (nSPS) is 38.2. The van der Waals surface area contributed by atoms with E-state index in [0.717, 1.165) is 19.3 Å². The number of fused-ring (bicyclic) bond motifs is 2. The molecular weight excluding hydrogens is 292 g/mol. The summed E-state index contributed by atoms with van der Waals surface area (Å²) in [6.45, 7) is 6.01. The van der Waals surface area contributed by atoms with Gasteiger partial charge in [-0.05, 0) is 30.6 Å². The fourth-order valence-electron chi connectivity index (χ4n) is 4.50. The van der Waals surface area contributed by atoms with E-state index in [4.69, 9.17) is 4.74 Å². The highest BCUT2D eigenvalue weighted by Gasteiger charge is 2.64. The summed E-state index contributed by atoms with van der Waals surface area (Å²) >= 11 is 0. The number of morpholine rings is 1. The third kappa shape index (κ3) is 2.12. The van der Waals surface area contributed by atoms with Gasteiger partial charge in [-0.25, -0.2) is 8.42 Å². The van der Waals surface area contributed by atoms with Crippen molar-refractivity contribution in [3.63, 3.8) is 0 Å². The molecule has 0 amide bonds. The number of nitrogens with zero attached hydrogens (tertiary/aromatic N) is 2. The average Bonchev–Trinajstić information content (AvgIpc) is 2.81. The molecule has 3 fully saturated rings. The molecule has 0 radical (unpaired) electrons. The molecule has 1 N–H and O–H groups in total. The van der Waals surface area contributed by atoms with Crippen LogP contribution in [0.1, 0.15) is 33.1 Å². The first-order valence-corrected chi connectivity index (χ1v) is 9.21. The van der Waals surface area contributed by atoms with Gasteiger partial charge >= 0.3 is 0 Å². The van der Waals surface area contributed by atoms with Crippen LogP contribution in [0.5, 0.6) is 0 Å². The van der Waals surface area contributed by atoms with Crippen molar-refractivity contribution in [2.45, 2.75) is 33.1 Å². The highest BCUT2D eigenvalue weighted by atomic mass is 32.2. The molecule has 2 atom stereocenters. The first kappa shape index (κ1) is 15.2. The molecule has 0 aromatic carbocycles. The van der Waals surface area contributed by atoms with Crippen LogP contribution >= 0.6 is 0 Å². The number of oxime groups is 1. The number of rotatable bonds is 3. The van der Waals surface area contributed by atoms with E-state index >= 15 is 0 Å². The molecular formula is C14H24N2O4S. The molecule has 0 spiro atoms. The second-order valence-electron chi connectivity index (χ2n) is 7.06. The van der Waals surface area contributed by atoms with Crippen molar-refractivity contribution < 1.29 is 18.4 Å². The lowest BCUT2D eigenvalue weighted by molar-refractivity contribution is 0.0722. The minimum atomic E-state index is -3.36. The molecule has 3 aliphatic rings. The minimum Gasteiger partial charge on any atom is -0.411 e. The Kier molecular flexibility index (Phi) is 3.58. The van der Waals surface area contributed by atoms with Crippen LogP contribution in [0.3, 0.4) is 0 Å². The Balaban J connectivity index is 1.91. The molecule has 0 aromatic heterocycles. The molecule has 2 unspecified atom stereocenters. The maximum Gasteiger partial charge on any atom is 0.215 e. The lowest BCUT2D eigenvalue weighted by Gasteiger charge is -2.39. The van der Waals surface area contributed by atoms with E-state index in [1.807, 2.05) is 0 Å². The van der Waals surface area contributed by atoms with E-state index < -0.39 is 15.4 Å². The van der Waals surface area contributed by atoms with Gasteiger partial charge in [0.15, 0.2) is 0 Å². The largest absolute Gasteiger partial charge is 0.411 e. The zero-order chi connectivity index (χ0) is 15.3. The minimum absolute atomic E-state index is 0.0584. The molecule has 21 heavy (non-hydrogen) atoms. The number of sulfonamides is 1. The Morgan fingerprint density at radius 2 is 2.05 bits per heavy atom. The van der Waals surface area contributed by atoms with Gasteiger partial charge < -0.3 is 9.94 Å². The summed E-state index contributed by atoms with van der Waals surface area (Å²) in [4.78, 5) is 0. The van der Waals surface area contributed by atoms with Crippen LogP contribution in [-0.2, 0) is 14.8 Å². The summed E-state index contributed by atoms with van der Waals surface area (Å²) in [5.41, 5.74) is 0.0397. The van der Waals surface area contributed by atoms with Gasteiger partial charge in [0.05, 0.1) is 24.7 Å². The highest BCUT2D eigenvalue weighted by Crippen LogP contribution is 2.64. The van der Waals surface area contributed by atoms with Crippen molar-refractivity contribution in [2.24, 2.45) is 21.9 Å². The van der Waals surface area contributed by atoms with Crippen molar-refractivity contribution in [2.75, 3.05) is 32.1 Å². The molecule has 120 valence electrons. The van der Waals surface area contributed by atoms with Gasteiger partial charge in [0, 0.05) is 18.5 Å². The quantitative estimate of drug-likeness (QED) is 0.629. The second-order valence-corrected chi connectivity index (χ2v) is 9.03. The first-order chi connectivity index (χ1) is 9.83. The van der Waals surface area contributed by atoms with Gasteiger partial charge in [-0.1, -0.05) is 19.0 Å². The fraction of sp³-hybridized carbons (Fsp3) is 0.929. The molecule has 3 rings (SSSR count). The standard InChI is InChI=1S/C14H24N2O4S/c1-13(2)11-3-4-14(13,12(9-11)15-17)10-21(18,19)16-5-7-20-8-6-16/h11,17H,3-10H2,1-2H3. The Hall–Kier alpha value is -0.660. The molecule has 1 aliphatic heterocycles. The van der Waals surface area contributed by atoms with Crippen molar-refractivity contribution in [1.82, 2.24) is 4.31 Å². The molecule has 6 nitrogen and oxygen atoms in total. The van der Waals surface area contributed by atoms with Crippen LogP contribution in [0.15, 0.2) is 5.16 Å². The van der Waals surface area contributed by atoms with Gasteiger partial charge in [-0.15, -0.1) is 0 Å². The van der Waals surface area contributed by atoms with Gasteiger partial charge in [-0.3, -0.25) is 0 Å². The summed E-state index contributed by atoms with van der Waals surface area (Å²) in [6.07, 6.45) is 2.54. The summed E-state index contributed by atoms with van der Waals surface area (Å²) in [7, 11) is -3.36. The summed E-state index contributed by atoms with van der Waals surface area (Å²) in [5.74, 6) is 0.478. The second kappa shape index (κ2) is 4.93. The Morgan fingerprint density at radius 1 is 1.38 bits per heavy atom. The van der Waals surface area contributed by atoms with E-state index in [0.29, 0.717) is 37.9 Å². The van der Waals surface area contributed by atoms with Crippen LogP contribution in [0.4, 0.5) is 0 Å². The van der Waals surface area contributed by atoms with E-state index in [9.17, 15) is 13.6 Å². The lowest BCUT2D eigenvalue weighted by Crippen LogP contribution is -2.49. The third-order valence-electron chi connectivity index (χ3n) is 6.08. The zero-order valence-electron chi connectivity index (χ0n) is 12.7. The van der Waals surface area contributed by atoms with Crippen LogP contribution in [0, 0.1) is 16.7 Å². The molecule has 2 bridgehead atoms. The van der Waals surface area contributed by atoms with E-state index in [1.54, 1.807) is 0 Å². The van der Waals surface area contributed by atoms with Crippen molar-refractivity contribution in [1.29, 1.82) is 0 Å². The number of hydrogen-bond acceptors (Lipinski definition) is 5. The topological polar surface area (TPSA) is 79.2 Å². The average molecular weight is 316 g/mol. The smallest absolute Gasteiger partial charge is 0.215 e. The van der Waals surface area contributed by atoms with Crippen LogP contribution in [0.25, 0.3) is 0 Å². The molecule has 7 heteroatoms. The highest BCUT2D eigenvalue weighted by molar-refractivity contribution is 7.89. The van der Waals surface area contributed by atoms with Gasteiger partial charge in [-0.2, -0.15) is 4.31 Å². The van der Waals surface area contributed by atoms with E-state index in [1.165, 1.54) is 4.31 Å². The Morgan fingerprint density at radius 3 is 2.62 bits per heavy atom. The molecule has 2 saturated carbocycles. The summed E-state index contributed by atoms with van der Waals surface area (Å²) < 4.78 is 32.4. The summed E-state index contributed by atoms with van der Waals surface area (Å²) in [6, 6.07) is 0. The van der Waals surface area contributed by atoms with Gasteiger partial charge in [0.1, 0.15) is 0 Å². The predicted molar refractivity (Wildman–Crippen MR) is 79.0 cm³/mol. The lowest BCUT2D eigenvalue weighted by atomic mass is 9.70. The Bertz CT molecular complexity index is 551. The zero-order valence-corrected chi connectivity index (χ0v) is 13.5. The first-order valence-electron chi connectivity index (χ1n) is 7.60. The van der Waals surface area contributed by atoms with E-state index in [-0.39, 0.29) is 11.2 Å². The monoisotopic (exact) mass is 316 g/mol. The predicted octanol–water partition coefficient (Wildman–Crippen LogP) is 1.30.